The van der Waals surface area contributed by atoms with Gasteiger partial charge in [0.15, 0.2) is 0 Å². The summed E-state index contributed by atoms with van der Waals surface area (Å²) >= 11 is 0. The molecule has 1 saturated heterocycles. The van der Waals surface area contributed by atoms with E-state index < -0.39 is 83.2 Å². The van der Waals surface area contributed by atoms with Gasteiger partial charge in [-0.15, -0.1) is 0 Å². The SMILES string of the molecule is CCN1CCN(C(=O)NC(C(=O)N[C@H]2Cc3ccc(F)c(C(=O)O)c3OB2O)c2ccc(C(=O)O)c(O)c2)C(=O)C1=O. The van der Waals surface area contributed by atoms with Gasteiger partial charge in [0.1, 0.15) is 34.5 Å². The first-order valence-corrected chi connectivity index (χ1v) is 12.5. The van der Waals surface area contributed by atoms with Crippen LogP contribution in [0.5, 0.6) is 11.5 Å². The van der Waals surface area contributed by atoms with Crippen molar-refractivity contribution in [3.05, 3.63) is 58.4 Å². The van der Waals surface area contributed by atoms with Gasteiger partial charge in [-0.2, -0.15) is 0 Å². The number of nitrogens with zero attached hydrogens (tertiary/aromatic N) is 2. The number of carboxylic acid groups (broad SMARTS) is 2. The number of likely N-dealkylation sites (N-methyl/N-ethyl adjacent to an activating group) is 1. The van der Waals surface area contributed by atoms with Crippen molar-refractivity contribution in [3.63, 3.8) is 0 Å². The maximum atomic E-state index is 14.1. The van der Waals surface area contributed by atoms with E-state index in [4.69, 9.17) is 4.65 Å². The van der Waals surface area contributed by atoms with Gasteiger partial charge in [-0.25, -0.2) is 18.8 Å². The van der Waals surface area contributed by atoms with Crippen LogP contribution >= 0.6 is 0 Å². The van der Waals surface area contributed by atoms with Crippen LogP contribution in [0, 0.1) is 5.82 Å². The van der Waals surface area contributed by atoms with Gasteiger partial charge in [0.2, 0.25) is 5.91 Å². The Morgan fingerprint density at radius 2 is 1.81 bits per heavy atom. The third-order valence-electron chi connectivity index (χ3n) is 6.80. The van der Waals surface area contributed by atoms with Crippen molar-refractivity contribution in [2.45, 2.75) is 25.3 Å². The predicted molar refractivity (Wildman–Crippen MR) is 138 cm³/mol. The third-order valence-corrected chi connectivity index (χ3v) is 6.80. The highest BCUT2D eigenvalue weighted by molar-refractivity contribution is 6.47. The Labute approximate surface area is 236 Å². The highest BCUT2D eigenvalue weighted by Crippen LogP contribution is 2.32. The molecule has 15 nitrogen and oxygen atoms in total. The summed E-state index contributed by atoms with van der Waals surface area (Å²) in [6.45, 7) is 1.74. The summed E-state index contributed by atoms with van der Waals surface area (Å²) in [5.41, 5.74) is -1.30. The van der Waals surface area contributed by atoms with Crippen molar-refractivity contribution in [1.29, 1.82) is 0 Å². The van der Waals surface area contributed by atoms with Gasteiger partial charge in [0.05, 0.1) is 5.94 Å². The van der Waals surface area contributed by atoms with E-state index in [9.17, 15) is 53.5 Å². The number of hydrogen-bond acceptors (Lipinski definition) is 9. The number of phenols is 1. The molecule has 2 aromatic carbocycles. The predicted octanol–water partition coefficient (Wildman–Crippen LogP) is -0.491. The lowest BCUT2D eigenvalue weighted by atomic mass is 9.72. The molecule has 2 heterocycles. The fourth-order valence-electron chi connectivity index (χ4n) is 4.61. The maximum absolute atomic E-state index is 14.1. The van der Waals surface area contributed by atoms with Crippen molar-refractivity contribution in [2.75, 3.05) is 19.6 Å². The van der Waals surface area contributed by atoms with Crippen molar-refractivity contribution < 1.29 is 58.2 Å². The van der Waals surface area contributed by atoms with Gasteiger partial charge in [-0.1, -0.05) is 12.1 Å². The molecule has 2 aliphatic heterocycles. The number of carbonyl (C=O) groups excluding carboxylic acids is 4. The number of halogens is 1. The van der Waals surface area contributed by atoms with Crippen LogP contribution in [0.15, 0.2) is 30.3 Å². The molecule has 42 heavy (non-hydrogen) atoms. The van der Waals surface area contributed by atoms with E-state index in [0.29, 0.717) is 4.90 Å². The summed E-state index contributed by atoms with van der Waals surface area (Å²) in [4.78, 5) is 76.0. The number of rotatable bonds is 7. The first-order valence-electron chi connectivity index (χ1n) is 12.5. The summed E-state index contributed by atoms with van der Waals surface area (Å²) in [5.74, 6) is -9.72. The second kappa shape index (κ2) is 11.7. The van der Waals surface area contributed by atoms with Crippen LogP contribution < -0.4 is 15.3 Å². The lowest BCUT2D eigenvalue weighted by molar-refractivity contribution is -0.153. The number of aromatic carboxylic acids is 2. The first-order chi connectivity index (χ1) is 19.8. The molecule has 0 spiro atoms. The Kier molecular flexibility index (Phi) is 8.33. The molecule has 0 radical (unpaired) electrons. The molecule has 2 atom stereocenters. The molecule has 17 heteroatoms. The van der Waals surface area contributed by atoms with E-state index in [1.54, 1.807) is 6.92 Å². The van der Waals surface area contributed by atoms with Crippen LogP contribution in [0.25, 0.3) is 0 Å². The Hall–Kier alpha value is -5.19. The number of aromatic hydroxyl groups is 1. The Morgan fingerprint density at radius 1 is 1.10 bits per heavy atom. The zero-order valence-corrected chi connectivity index (χ0v) is 21.9. The van der Waals surface area contributed by atoms with Crippen LogP contribution in [-0.2, 0) is 20.8 Å². The average molecular weight is 586 g/mol. The summed E-state index contributed by atoms with van der Waals surface area (Å²) < 4.78 is 19.3. The van der Waals surface area contributed by atoms with Crippen molar-refractivity contribution in [1.82, 2.24) is 20.4 Å². The Morgan fingerprint density at radius 3 is 2.43 bits per heavy atom. The minimum Gasteiger partial charge on any atom is -0.534 e. The zero-order chi connectivity index (χ0) is 30.9. The molecular formula is C25H24BFN4O11. The van der Waals surface area contributed by atoms with Crippen molar-refractivity contribution in [3.8, 4) is 11.5 Å². The summed E-state index contributed by atoms with van der Waals surface area (Å²) in [7, 11) is -1.86. The number of benzene rings is 2. The smallest absolute Gasteiger partial charge is 0.534 e. The molecule has 220 valence electrons. The minimum atomic E-state index is -1.86. The average Bonchev–Trinajstić information content (AvgIpc) is 2.93. The van der Waals surface area contributed by atoms with Gasteiger partial charge in [0.25, 0.3) is 0 Å². The lowest BCUT2D eigenvalue weighted by Gasteiger charge is -2.33. The molecule has 0 saturated carbocycles. The van der Waals surface area contributed by atoms with E-state index >= 15 is 0 Å². The largest absolute Gasteiger partial charge is 0.547 e. The second-order valence-corrected chi connectivity index (χ2v) is 9.35. The number of carbonyl (C=O) groups is 6. The Bertz CT molecular complexity index is 1500. The van der Waals surface area contributed by atoms with E-state index in [-0.39, 0.29) is 37.2 Å². The molecule has 6 N–H and O–H groups in total. The Balaban J connectivity index is 1.62. The molecule has 4 rings (SSSR count). The monoisotopic (exact) mass is 586 g/mol. The van der Waals surface area contributed by atoms with E-state index in [1.165, 1.54) is 11.0 Å². The first kappa shape index (κ1) is 29.8. The van der Waals surface area contributed by atoms with Gasteiger partial charge < -0.3 is 40.5 Å². The number of piperazine rings is 1. The van der Waals surface area contributed by atoms with Crippen molar-refractivity contribution in [2.24, 2.45) is 0 Å². The number of hydrogen-bond donors (Lipinski definition) is 6. The fourth-order valence-corrected chi connectivity index (χ4v) is 4.61. The second-order valence-electron chi connectivity index (χ2n) is 9.35. The van der Waals surface area contributed by atoms with Crippen LogP contribution in [0.3, 0.4) is 0 Å². The summed E-state index contributed by atoms with van der Waals surface area (Å²) in [6, 6.07) is 2.26. The van der Waals surface area contributed by atoms with E-state index in [2.05, 4.69) is 10.6 Å². The highest BCUT2D eigenvalue weighted by atomic mass is 19.1. The van der Waals surface area contributed by atoms with Gasteiger partial charge in [-0.3, -0.25) is 19.3 Å². The van der Waals surface area contributed by atoms with Crippen LogP contribution in [0.1, 0.15) is 44.8 Å². The van der Waals surface area contributed by atoms with Gasteiger partial charge in [0, 0.05) is 19.6 Å². The lowest BCUT2D eigenvalue weighted by Crippen LogP contribution is -2.60. The van der Waals surface area contributed by atoms with Crippen molar-refractivity contribution >= 4 is 42.8 Å². The molecule has 0 aliphatic carbocycles. The van der Waals surface area contributed by atoms with Crippen LogP contribution in [0.2, 0.25) is 0 Å². The number of carboxylic acids is 2. The summed E-state index contributed by atoms with van der Waals surface area (Å²) in [6.07, 6.45) is -0.224. The fraction of sp³-hybridized carbons (Fsp3) is 0.280. The van der Waals surface area contributed by atoms with E-state index in [1.807, 2.05) is 0 Å². The quantitative estimate of drug-likeness (QED) is 0.179. The molecular weight excluding hydrogens is 562 g/mol. The number of nitrogens with one attached hydrogen (secondary N) is 2. The number of amides is 5. The van der Waals surface area contributed by atoms with Gasteiger partial charge >= 0.3 is 36.9 Å². The van der Waals surface area contributed by atoms with E-state index in [0.717, 1.165) is 24.3 Å². The molecule has 1 fully saturated rings. The topological polar surface area (TPSA) is 223 Å². The van der Waals surface area contributed by atoms with Crippen LogP contribution in [-0.4, -0.2) is 98.5 Å². The minimum absolute atomic E-state index is 0.0450. The standard InChI is InChI=1S/C25H24BFN4O11/c1-2-30-7-8-31(22(35)21(30)34)25(40)29-18(11-3-5-13(23(36)37)15(32)9-11)20(33)28-16-10-12-4-6-14(27)17(24(38)39)19(12)42-26(16)41/h3-6,9,16,18,32,41H,2,7-8,10H2,1H3,(H,28,33)(H,29,40)(H,36,37)(H,38,39)/t16-,18?/m0/s1. The number of fused-ring (bicyclic) bond motifs is 1. The van der Waals surface area contributed by atoms with Gasteiger partial charge in [-0.05, 0) is 42.7 Å². The zero-order valence-electron chi connectivity index (χ0n) is 21.9. The molecule has 5 amide bonds. The molecule has 0 bridgehead atoms. The third kappa shape index (κ3) is 5.67. The highest BCUT2D eigenvalue weighted by Gasteiger charge is 2.41. The van der Waals surface area contributed by atoms with Crippen LogP contribution in [0.4, 0.5) is 9.18 Å². The summed E-state index contributed by atoms with van der Waals surface area (Å²) in [5, 5.41) is 44.0. The number of imide groups is 1. The molecule has 0 aromatic heterocycles. The molecule has 2 aromatic rings. The maximum Gasteiger partial charge on any atom is 0.547 e. The normalized spacial score (nSPS) is 17.2. The number of urea groups is 1. The molecule has 1 unspecified atom stereocenters. The molecule has 2 aliphatic rings.